The van der Waals surface area contributed by atoms with E-state index in [2.05, 4.69) is 18.7 Å². The first-order chi connectivity index (χ1) is 18.4. The van der Waals surface area contributed by atoms with Gasteiger partial charge in [-0.25, -0.2) is 0 Å². The fourth-order valence-electron chi connectivity index (χ4n) is 3.24. The predicted molar refractivity (Wildman–Crippen MR) is 136 cm³/mol. The molecule has 11 heteroatoms. The number of para-hydroxylation sites is 2. The SMILES string of the molecule is CCN(CC)CCOc1ccccc1O/C(=C/c1ccccc1)C(C)O.O=C([O-])CC(O)(CC(=O)[O-])C(=O)[O-]. The van der Waals surface area contributed by atoms with Crippen LogP contribution in [0.2, 0.25) is 0 Å². The molecule has 0 saturated heterocycles. The number of carboxylic acid groups (broad SMARTS) is 3. The molecule has 2 rings (SSSR count). The molecule has 2 N–H and O–H groups in total. The van der Waals surface area contributed by atoms with E-state index in [1.54, 1.807) is 6.92 Å². The maximum atomic E-state index is 10.1. The number of hydrogen-bond acceptors (Lipinski definition) is 11. The van der Waals surface area contributed by atoms with E-state index in [1.807, 2.05) is 60.7 Å². The Kier molecular flexibility index (Phi) is 14.3. The summed E-state index contributed by atoms with van der Waals surface area (Å²) in [6.07, 6.45) is -1.59. The number of aliphatic hydroxyl groups excluding tert-OH is 1. The smallest absolute Gasteiger partial charge is 0.168 e. The number of aliphatic carboxylic acids is 3. The molecule has 0 amide bonds. The molecule has 0 aliphatic carbocycles. The topological polar surface area (TPSA) is 183 Å². The van der Waals surface area contributed by atoms with Crippen molar-refractivity contribution in [2.24, 2.45) is 0 Å². The van der Waals surface area contributed by atoms with E-state index in [0.29, 0.717) is 23.9 Å². The zero-order chi connectivity index (χ0) is 29.4. The molecule has 214 valence electrons. The summed E-state index contributed by atoms with van der Waals surface area (Å²) in [5.74, 6) is -4.22. The Bertz CT molecular complexity index is 1060. The molecule has 2 aromatic carbocycles. The minimum Gasteiger partial charge on any atom is -0.550 e. The van der Waals surface area contributed by atoms with Gasteiger partial charge in [0.25, 0.3) is 0 Å². The Balaban J connectivity index is 0.000000495. The van der Waals surface area contributed by atoms with Crippen molar-refractivity contribution < 1.29 is 49.4 Å². The predicted octanol–water partition coefficient (Wildman–Crippen LogP) is -1.04. The van der Waals surface area contributed by atoms with Gasteiger partial charge in [-0.15, -0.1) is 0 Å². The van der Waals surface area contributed by atoms with E-state index >= 15 is 0 Å². The molecule has 0 radical (unpaired) electrons. The van der Waals surface area contributed by atoms with Crippen LogP contribution in [-0.4, -0.2) is 71.0 Å². The fraction of sp³-hybridized carbons (Fsp3) is 0.393. The molecule has 0 fully saturated rings. The number of rotatable bonds is 15. The summed E-state index contributed by atoms with van der Waals surface area (Å²) in [7, 11) is 0. The van der Waals surface area contributed by atoms with E-state index in [1.165, 1.54) is 0 Å². The number of carbonyl (C=O) groups is 3. The van der Waals surface area contributed by atoms with E-state index in [0.717, 1.165) is 25.2 Å². The molecular weight excluding hydrogens is 510 g/mol. The summed E-state index contributed by atoms with van der Waals surface area (Å²) in [6, 6.07) is 17.4. The lowest BCUT2D eigenvalue weighted by atomic mass is 9.96. The van der Waals surface area contributed by atoms with Gasteiger partial charge in [-0.2, -0.15) is 0 Å². The van der Waals surface area contributed by atoms with Crippen molar-refractivity contribution in [2.75, 3.05) is 26.2 Å². The third kappa shape index (κ3) is 12.4. The van der Waals surface area contributed by atoms with Gasteiger partial charge < -0.3 is 54.3 Å². The Hall–Kier alpha value is -3.93. The van der Waals surface area contributed by atoms with Crippen LogP contribution >= 0.6 is 0 Å². The first-order valence-corrected chi connectivity index (χ1v) is 12.3. The van der Waals surface area contributed by atoms with E-state index < -0.39 is 42.5 Å². The number of likely N-dealkylation sites (N-methyl/N-ethyl adjacent to an activating group) is 1. The summed E-state index contributed by atoms with van der Waals surface area (Å²) in [5.41, 5.74) is -2.00. The number of hydrogen-bond donors (Lipinski definition) is 2. The summed E-state index contributed by atoms with van der Waals surface area (Å²) in [4.78, 5) is 32.3. The molecule has 0 heterocycles. The van der Waals surface area contributed by atoms with E-state index in [-0.39, 0.29) is 0 Å². The fourth-order valence-corrected chi connectivity index (χ4v) is 3.24. The van der Waals surface area contributed by atoms with Crippen LogP contribution in [0.1, 0.15) is 39.2 Å². The lowest BCUT2D eigenvalue weighted by Gasteiger charge is -2.29. The lowest BCUT2D eigenvalue weighted by Crippen LogP contribution is -2.54. The van der Waals surface area contributed by atoms with Crippen molar-refractivity contribution in [2.45, 2.75) is 45.3 Å². The van der Waals surface area contributed by atoms with Gasteiger partial charge in [0.05, 0.1) is 5.97 Å². The van der Waals surface area contributed by atoms with Gasteiger partial charge >= 0.3 is 0 Å². The van der Waals surface area contributed by atoms with Crippen molar-refractivity contribution in [1.82, 2.24) is 4.90 Å². The van der Waals surface area contributed by atoms with Crippen LogP contribution in [0.3, 0.4) is 0 Å². The van der Waals surface area contributed by atoms with Crippen molar-refractivity contribution in [3.63, 3.8) is 0 Å². The van der Waals surface area contributed by atoms with Crippen LogP contribution in [0.25, 0.3) is 6.08 Å². The molecular formula is C28H34NO10-3. The van der Waals surface area contributed by atoms with Crippen LogP contribution in [0.5, 0.6) is 11.5 Å². The maximum Gasteiger partial charge on any atom is 0.168 e. The van der Waals surface area contributed by atoms with Crippen LogP contribution in [0.15, 0.2) is 60.4 Å². The largest absolute Gasteiger partial charge is 0.550 e. The maximum absolute atomic E-state index is 10.1. The molecule has 0 aliphatic rings. The highest BCUT2D eigenvalue weighted by molar-refractivity contribution is 5.86. The van der Waals surface area contributed by atoms with Gasteiger partial charge in [-0.3, -0.25) is 0 Å². The second kappa shape index (κ2) is 16.8. The third-order valence-corrected chi connectivity index (χ3v) is 5.41. The summed E-state index contributed by atoms with van der Waals surface area (Å²) in [5, 5.41) is 49.0. The van der Waals surface area contributed by atoms with Gasteiger partial charge in [0, 0.05) is 31.3 Å². The second-order valence-electron chi connectivity index (χ2n) is 8.47. The zero-order valence-corrected chi connectivity index (χ0v) is 22.2. The summed E-state index contributed by atoms with van der Waals surface area (Å²) >= 11 is 0. The summed E-state index contributed by atoms with van der Waals surface area (Å²) in [6.45, 7) is 9.44. The molecule has 1 unspecified atom stereocenters. The average Bonchev–Trinajstić information content (AvgIpc) is 2.87. The van der Waals surface area contributed by atoms with Crippen LogP contribution in [-0.2, 0) is 14.4 Å². The van der Waals surface area contributed by atoms with Gasteiger partial charge in [0.2, 0.25) is 0 Å². The normalized spacial score (nSPS) is 12.2. The van der Waals surface area contributed by atoms with Gasteiger partial charge in [-0.05, 0) is 43.8 Å². The van der Waals surface area contributed by atoms with Crippen molar-refractivity contribution in [3.05, 3.63) is 65.9 Å². The quantitative estimate of drug-likeness (QED) is 0.261. The number of carboxylic acids is 3. The molecule has 2 aromatic rings. The monoisotopic (exact) mass is 544 g/mol. The zero-order valence-electron chi connectivity index (χ0n) is 22.2. The Morgan fingerprint density at radius 1 is 0.923 bits per heavy atom. The number of carbonyl (C=O) groups excluding carboxylic acids is 3. The Morgan fingerprint density at radius 2 is 1.44 bits per heavy atom. The minimum atomic E-state index is -2.97. The number of benzene rings is 2. The highest BCUT2D eigenvalue weighted by atomic mass is 16.5. The van der Waals surface area contributed by atoms with Crippen LogP contribution in [0.4, 0.5) is 0 Å². The first-order valence-electron chi connectivity index (χ1n) is 12.3. The number of nitrogens with zero attached hydrogens (tertiary/aromatic N) is 1. The number of aliphatic hydroxyl groups is 2. The van der Waals surface area contributed by atoms with E-state index in [9.17, 15) is 34.8 Å². The average molecular weight is 545 g/mol. The highest BCUT2D eigenvalue weighted by Crippen LogP contribution is 2.29. The van der Waals surface area contributed by atoms with E-state index in [4.69, 9.17) is 14.6 Å². The van der Waals surface area contributed by atoms with Crippen molar-refractivity contribution >= 4 is 24.0 Å². The first kappa shape index (κ1) is 33.1. The third-order valence-electron chi connectivity index (χ3n) is 5.41. The van der Waals surface area contributed by atoms with Gasteiger partial charge in [0.15, 0.2) is 11.5 Å². The molecule has 0 bridgehead atoms. The molecule has 0 aliphatic heterocycles. The second-order valence-corrected chi connectivity index (χ2v) is 8.47. The Morgan fingerprint density at radius 3 is 1.90 bits per heavy atom. The molecule has 0 aromatic heterocycles. The van der Waals surface area contributed by atoms with Crippen LogP contribution in [0, 0.1) is 0 Å². The van der Waals surface area contributed by atoms with Gasteiger partial charge in [-0.1, -0.05) is 56.3 Å². The standard InChI is InChI=1S/C22H29NO3.C6H8O7/c1-4-23(5-2)15-16-25-20-13-9-10-14-21(20)26-22(18(3)24)17-19-11-7-6-8-12-19;7-3(8)1-6(13,5(11)12)2-4(9)10/h6-14,17-18,24H,4-5,15-16H2,1-3H3;13H,1-2H2,(H,7,8)(H,9,10)(H,11,12)/p-3/b22-17+;. The summed E-state index contributed by atoms with van der Waals surface area (Å²) < 4.78 is 11.9. The Labute approximate surface area is 227 Å². The lowest BCUT2D eigenvalue weighted by molar-refractivity contribution is -0.339. The molecule has 11 nitrogen and oxygen atoms in total. The molecule has 1 atom stereocenters. The molecule has 0 spiro atoms. The highest BCUT2D eigenvalue weighted by Gasteiger charge is 2.29. The van der Waals surface area contributed by atoms with Crippen molar-refractivity contribution in [3.8, 4) is 11.5 Å². The number of ether oxygens (including phenoxy) is 2. The molecule has 39 heavy (non-hydrogen) atoms. The minimum absolute atomic E-state index is 0.482. The van der Waals surface area contributed by atoms with Crippen LogP contribution < -0.4 is 24.8 Å². The van der Waals surface area contributed by atoms with Crippen molar-refractivity contribution in [1.29, 1.82) is 0 Å². The van der Waals surface area contributed by atoms with Gasteiger partial charge in [0.1, 0.15) is 24.1 Å². The molecule has 0 saturated carbocycles.